The van der Waals surface area contributed by atoms with Crippen molar-refractivity contribution in [2.75, 3.05) is 7.05 Å². The Labute approximate surface area is 99.5 Å². The van der Waals surface area contributed by atoms with Crippen LogP contribution in [0.4, 0.5) is 0 Å². The molecular weight excluding hydrogens is 198 g/mol. The number of nitrogens with zero attached hydrogens (tertiary/aromatic N) is 3. The highest BCUT2D eigenvalue weighted by atomic mass is 15.2. The molecule has 92 valence electrons. The molecule has 0 radical (unpaired) electrons. The van der Waals surface area contributed by atoms with Crippen LogP contribution in [0.3, 0.4) is 0 Å². The molecule has 0 aromatic carbocycles. The summed E-state index contributed by atoms with van der Waals surface area (Å²) in [5.74, 6) is 1.14. The largest absolute Gasteiger partial charge is 0.334 e. The summed E-state index contributed by atoms with van der Waals surface area (Å²) in [4.78, 5) is 7.06. The van der Waals surface area contributed by atoms with Gasteiger partial charge in [-0.3, -0.25) is 4.90 Å². The number of hydrogen-bond acceptors (Lipinski definition) is 2. The van der Waals surface area contributed by atoms with Gasteiger partial charge in [0.25, 0.3) is 0 Å². The lowest BCUT2D eigenvalue weighted by molar-refractivity contribution is 0.107. The summed E-state index contributed by atoms with van der Waals surface area (Å²) in [7, 11) is 4.25. The second-order valence-corrected chi connectivity index (χ2v) is 5.43. The summed E-state index contributed by atoms with van der Waals surface area (Å²) in [6, 6.07) is 0.507. The number of imidazole rings is 1. The summed E-state index contributed by atoms with van der Waals surface area (Å²) >= 11 is 0. The molecule has 1 rings (SSSR count). The first-order valence-electron chi connectivity index (χ1n) is 5.93. The van der Waals surface area contributed by atoms with Crippen LogP contribution in [0.1, 0.15) is 44.9 Å². The van der Waals surface area contributed by atoms with Gasteiger partial charge in [0.05, 0.1) is 11.2 Å². The lowest BCUT2D eigenvalue weighted by Gasteiger charge is -2.38. The average Bonchev–Trinajstić information content (AvgIpc) is 2.45. The van der Waals surface area contributed by atoms with Crippen molar-refractivity contribution in [1.29, 1.82) is 0 Å². The number of hydrogen-bond donors (Lipinski definition) is 0. The van der Waals surface area contributed by atoms with Crippen LogP contribution in [0.5, 0.6) is 0 Å². The molecule has 0 aliphatic heterocycles. The van der Waals surface area contributed by atoms with Crippen molar-refractivity contribution in [1.82, 2.24) is 14.5 Å². The van der Waals surface area contributed by atoms with Gasteiger partial charge >= 0.3 is 0 Å². The molecule has 16 heavy (non-hydrogen) atoms. The summed E-state index contributed by atoms with van der Waals surface area (Å²) < 4.78 is 2.20. The molecule has 0 N–H and O–H groups in total. The van der Waals surface area contributed by atoms with E-state index in [1.165, 1.54) is 5.69 Å². The maximum Gasteiger partial charge on any atom is 0.128 e. The topological polar surface area (TPSA) is 21.1 Å². The Kier molecular flexibility index (Phi) is 3.48. The van der Waals surface area contributed by atoms with Gasteiger partial charge in [-0.1, -0.05) is 0 Å². The van der Waals surface area contributed by atoms with Crippen LogP contribution in [0.25, 0.3) is 0 Å². The van der Waals surface area contributed by atoms with E-state index in [-0.39, 0.29) is 5.54 Å². The minimum absolute atomic E-state index is 0.0397. The Morgan fingerprint density at radius 1 is 1.25 bits per heavy atom. The lowest BCUT2D eigenvalue weighted by atomic mass is 10.0. The van der Waals surface area contributed by atoms with E-state index in [9.17, 15) is 0 Å². The highest BCUT2D eigenvalue weighted by Gasteiger charge is 2.32. The Hall–Kier alpha value is -0.830. The smallest absolute Gasteiger partial charge is 0.128 e. The van der Waals surface area contributed by atoms with Gasteiger partial charge < -0.3 is 4.57 Å². The molecule has 0 amide bonds. The molecule has 3 heteroatoms. The van der Waals surface area contributed by atoms with E-state index in [0.29, 0.717) is 6.04 Å². The molecule has 0 aliphatic rings. The van der Waals surface area contributed by atoms with Crippen LogP contribution in [0.2, 0.25) is 0 Å². The van der Waals surface area contributed by atoms with E-state index in [4.69, 9.17) is 4.98 Å². The molecule has 0 saturated carbocycles. The molecule has 0 spiro atoms. The normalized spacial score (nSPS) is 12.9. The maximum absolute atomic E-state index is 4.71. The van der Waals surface area contributed by atoms with Crippen molar-refractivity contribution in [3.05, 3.63) is 17.2 Å². The molecule has 0 aliphatic carbocycles. The third kappa shape index (κ3) is 2.01. The predicted molar refractivity (Wildman–Crippen MR) is 68.6 cm³/mol. The van der Waals surface area contributed by atoms with Crippen molar-refractivity contribution in [3.63, 3.8) is 0 Å². The van der Waals surface area contributed by atoms with Crippen LogP contribution in [-0.2, 0) is 12.6 Å². The zero-order chi connectivity index (χ0) is 12.7. The van der Waals surface area contributed by atoms with E-state index >= 15 is 0 Å². The Morgan fingerprint density at radius 3 is 2.06 bits per heavy atom. The second kappa shape index (κ2) is 4.21. The number of aryl methyl sites for hydroxylation is 1. The fourth-order valence-corrected chi connectivity index (χ4v) is 2.07. The highest BCUT2D eigenvalue weighted by molar-refractivity contribution is 5.18. The third-order valence-corrected chi connectivity index (χ3v) is 3.82. The van der Waals surface area contributed by atoms with E-state index in [0.717, 1.165) is 11.5 Å². The van der Waals surface area contributed by atoms with Crippen LogP contribution < -0.4 is 0 Å². The van der Waals surface area contributed by atoms with Crippen molar-refractivity contribution in [2.45, 2.75) is 53.1 Å². The number of aromatic nitrogens is 2. The molecule has 1 aromatic rings. The quantitative estimate of drug-likeness (QED) is 0.785. The fourth-order valence-electron chi connectivity index (χ4n) is 2.07. The summed E-state index contributed by atoms with van der Waals surface area (Å²) in [6.45, 7) is 13.1. The van der Waals surface area contributed by atoms with Crippen LogP contribution in [-0.4, -0.2) is 27.5 Å². The van der Waals surface area contributed by atoms with Crippen molar-refractivity contribution in [3.8, 4) is 0 Å². The Balaban J connectivity index is 3.21. The van der Waals surface area contributed by atoms with Gasteiger partial charge in [0, 0.05) is 18.8 Å². The first-order chi connectivity index (χ1) is 7.19. The first kappa shape index (κ1) is 13.2. The summed E-state index contributed by atoms with van der Waals surface area (Å²) in [6.07, 6.45) is 0. The van der Waals surface area contributed by atoms with E-state index in [1.807, 2.05) is 0 Å². The molecule has 0 unspecified atom stereocenters. The third-order valence-electron chi connectivity index (χ3n) is 3.82. The Bertz CT molecular complexity index is 375. The molecule has 3 nitrogen and oxygen atoms in total. The van der Waals surface area contributed by atoms with Crippen LogP contribution >= 0.6 is 0 Å². The van der Waals surface area contributed by atoms with Crippen LogP contribution in [0.15, 0.2) is 0 Å². The van der Waals surface area contributed by atoms with Gasteiger partial charge in [0.1, 0.15) is 5.82 Å². The molecular formula is C13H25N3. The van der Waals surface area contributed by atoms with Crippen LogP contribution in [0, 0.1) is 13.8 Å². The van der Waals surface area contributed by atoms with Gasteiger partial charge in [-0.2, -0.15) is 0 Å². The molecule has 0 saturated heterocycles. The predicted octanol–water partition coefficient (Wildman–Crippen LogP) is 2.61. The van der Waals surface area contributed by atoms with Gasteiger partial charge in [0.2, 0.25) is 0 Å². The average molecular weight is 223 g/mol. The van der Waals surface area contributed by atoms with Crippen molar-refractivity contribution in [2.24, 2.45) is 7.05 Å². The van der Waals surface area contributed by atoms with E-state index < -0.39 is 0 Å². The fraction of sp³-hybridized carbons (Fsp3) is 0.769. The first-order valence-corrected chi connectivity index (χ1v) is 5.93. The summed E-state index contributed by atoms with van der Waals surface area (Å²) in [5.41, 5.74) is 2.34. The van der Waals surface area contributed by atoms with E-state index in [2.05, 4.69) is 65.1 Å². The van der Waals surface area contributed by atoms with Crippen molar-refractivity contribution >= 4 is 0 Å². The second-order valence-electron chi connectivity index (χ2n) is 5.43. The lowest BCUT2D eigenvalue weighted by Crippen LogP contribution is -2.44. The Morgan fingerprint density at radius 2 is 1.75 bits per heavy atom. The minimum atomic E-state index is -0.0397. The summed E-state index contributed by atoms with van der Waals surface area (Å²) in [5, 5.41) is 0. The van der Waals surface area contributed by atoms with Gasteiger partial charge in [-0.05, 0) is 48.6 Å². The van der Waals surface area contributed by atoms with Crippen molar-refractivity contribution < 1.29 is 0 Å². The molecule has 0 atom stereocenters. The standard InChI is InChI=1S/C13H25N3/c1-9(2)16(8)13(5,6)12-14-10(3)11(4)15(12)7/h9H,1-8H3. The highest BCUT2D eigenvalue weighted by Crippen LogP contribution is 2.28. The molecule has 1 aromatic heterocycles. The maximum atomic E-state index is 4.71. The number of rotatable bonds is 3. The monoisotopic (exact) mass is 223 g/mol. The molecule has 1 heterocycles. The van der Waals surface area contributed by atoms with Gasteiger partial charge in [-0.15, -0.1) is 0 Å². The minimum Gasteiger partial charge on any atom is -0.334 e. The SMILES string of the molecule is Cc1nc(C(C)(C)N(C)C(C)C)n(C)c1C. The zero-order valence-corrected chi connectivity index (χ0v) is 11.9. The van der Waals surface area contributed by atoms with E-state index in [1.54, 1.807) is 0 Å². The van der Waals surface area contributed by atoms with Gasteiger partial charge in [0.15, 0.2) is 0 Å². The molecule has 0 fully saturated rings. The van der Waals surface area contributed by atoms with Gasteiger partial charge in [-0.25, -0.2) is 4.98 Å². The zero-order valence-electron chi connectivity index (χ0n) is 11.9. The molecule has 0 bridgehead atoms.